The van der Waals surface area contributed by atoms with E-state index in [9.17, 15) is 9.59 Å². The number of aromatic nitrogens is 1. The summed E-state index contributed by atoms with van der Waals surface area (Å²) >= 11 is 0. The quantitative estimate of drug-likeness (QED) is 0.724. The summed E-state index contributed by atoms with van der Waals surface area (Å²) in [5.74, 6) is -0.695. The van der Waals surface area contributed by atoms with E-state index in [0.29, 0.717) is 11.3 Å². The Bertz CT molecular complexity index is 921. The van der Waals surface area contributed by atoms with Crippen LogP contribution in [0.5, 0.6) is 0 Å². The molecule has 2 aromatic carbocycles. The predicted molar refractivity (Wildman–Crippen MR) is 96.5 cm³/mol. The summed E-state index contributed by atoms with van der Waals surface area (Å²) in [6, 6.07) is 15.4. The van der Waals surface area contributed by atoms with Crippen molar-refractivity contribution in [1.82, 2.24) is 4.98 Å². The Morgan fingerprint density at radius 1 is 1.08 bits per heavy atom. The van der Waals surface area contributed by atoms with Gasteiger partial charge in [0.05, 0.1) is 30.5 Å². The molecule has 3 rings (SSSR count). The van der Waals surface area contributed by atoms with Crippen LogP contribution in [0.1, 0.15) is 22.8 Å². The smallest absolute Gasteiger partial charge is 0.340 e. The molecule has 126 valence electrons. The average Bonchev–Trinajstić information content (AvgIpc) is 2.62. The zero-order valence-electron chi connectivity index (χ0n) is 13.9. The molecule has 0 aliphatic heterocycles. The van der Waals surface area contributed by atoms with Gasteiger partial charge in [-0.2, -0.15) is 0 Å². The number of anilines is 1. The second-order valence-electron chi connectivity index (χ2n) is 5.55. The number of fused-ring (bicyclic) bond motifs is 1. The third kappa shape index (κ3) is 4.01. The van der Waals surface area contributed by atoms with Crippen molar-refractivity contribution in [3.8, 4) is 0 Å². The van der Waals surface area contributed by atoms with E-state index in [0.717, 1.165) is 16.3 Å². The van der Waals surface area contributed by atoms with Crippen molar-refractivity contribution in [1.29, 1.82) is 0 Å². The van der Waals surface area contributed by atoms with Gasteiger partial charge in [-0.25, -0.2) is 4.79 Å². The van der Waals surface area contributed by atoms with Gasteiger partial charge in [-0.3, -0.25) is 9.78 Å². The number of nitrogens with one attached hydrogen (secondary N) is 1. The van der Waals surface area contributed by atoms with Crippen LogP contribution in [0.3, 0.4) is 0 Å². The molecular weight excluding hydrogens is 316 g/mol. The Kier molecular flexibility index (Phi) is 5.04. The first-order chi connectivity index (χ1) is 12.2. The van der Waals surface area contributed by atoms with Crippen LogP contribution < -0.4 is 5.32 Å². The SMILES string of the molecule is CCOC(=O)c1ccncc1NC(=O)Cc1ccc2ccccc2c1. The number of hydrogen-bond acceptors (Lipinski definition) is 4. The van der Waals surface area contributed by atoms with Crippen LogP contribution in [-0.4, -0.2) is 23.5 Å². The number of amides is 1. The predicted octanol–water partition coefficient (Wildman–Crippen LogP) is 3.59. The van der Waals surface area contributed by atoms with Gasteiger partial charge in [-0.15, -0.1) is 0 Å². The minimum absolute atomic E-state index is 0.210. The monoisotopic (exact) mass is 334 g/mol. The Morgan fingerprint density at radius 3 is 2.68 bits per heavy atom. The molecule has 3 aromatic rings. The van der Waals surface area contributed by atoms with Gasteiger partial charge in [0, 0.05) is 6.20 Å². The van der Waals surface area contributed by atoms with Crippen LogP contribution in [0.25, 0.3) is 10.8 Å². The van der Waals surface area contributed by atoms with Gasteiger partial charge in [0.2, 0.25) is 5.91 Å². The molecule has 5 nitrogen and oxygen atoms in total. The molecule has 25 heavy (non-hydrogen) atoms. The van der Waals surface area contributed by atoms with Crippen molar-refractivity contribution in [2.45, 2.75) is 13.3 Å². The molecule has 1 aromatic heterocycles. The van der Waals surface area contributed by atoms with Crippen LogP contribution in [-0.2, 0) is 16.0 Å². The number of benzene rings is 2. The molecule has 0 fully saturated rings. The van der Waals surface area contributed by atoms with Crippen LogP contribution in [0.15, 0.2) is 60.9 Å². The second-order valence-corrected chi connectivity index (χ2v) is 5.55. The number of carbonyl (C=O) groups excluding carboxylic acids is 2. The standard InChI is InChI=1S/C20H18N2O3/c1-2-25-20(24)17-9-10-21-13-18(17)22-19(23)12-14-7-8-15-5-3-4-6-16(15)11-14/h3-11,13H,2,12H2,1H3,(H,22,23). The maximum atomic E-state index is 12.4. The number of carbonyl (C=O) groups is 2. The first-order valence-electron chi connectivity index (χ1n) is 8.06. The molecule has 0 aliphatic rings. The number of ether oxygens (including phenoxy) is 1. The van der Waals surface area contributed by atoms with E-state index in [1.54, 1.807) is 6.92 Å². The number of hydrogen-bond donors (Lipinski definition) is 1. The van der Waals surface area contributed by atoms with Crippen LogP contribution in [0.4, 0.5) is 5.69 Å². The van der Waals surface area contributed by atoms with Crippen LogP contribution in [0.2, 0.25) is 0 Å². The lowest BCUT2D eigenvalue weighted by atomic mass is 10.0. The normalized spacial score (nSPS) is 10.4. The van der Waals surface area contributed by atoms with E-state index in [4.69, 9.17) is 4.74 Å². The summed E-state index contributed by atoms with van der Waals surface area (Å²) in [5.41, 5.74) is 1.55. The van der Waals surface area contributed by atoms with Crippen molar-refractivity contribution in [3.05, 3.63) is 72.1 Å². The van der Waals surface area contributed by atoms with Gasteiger partial charge in [-0.1, -0.05) is 42.5 Å². The van der Waals surface area contributed by atoms with Crippen LogP contribution >= 0.6 is 0 Å². The molecule has 0 atom stereocenters. The first kappa shape index (κ1) is 16.6. The van der Waals surface area contributed by atoms with Crippen LogP contribution in [0, 0.1) is 0 Å². The zero-order chi connectivity index (χ0) is 17.6. The van der Waals surface area contributed by atoms with Gasteiger partial charge >= 0.3 is 5.97 Å². The molecule has 0 saturated carbocycles. The lowest BCUT2D eigenvalue weighted by Gasteiger charge is -2.10. The number of nitrogens with zero attached hydrogens (tertiary/aromatic N) is 1. The third-order valence-corrected chi connectivity index (χ3v) is 3.77. The van der Waals surface area contributed by atoms with Crippen molar-refractivity contribution < 1.29 is 14.3 Å². The zero-order valence-corrected chi connectivity index (χ0v) is 13.9. The van der Waals surface area contributed by atoms with E-state index in [2.05, 4.69) is 10.3 Å². The van der Waals surface area contributed by atoms with Crippen molar-refractivity contribution in [3.63, 3.8) is 0 Å². The lowest BCUT2D eigenvalue weighted by Crippen LogP contribution is -2.17. The highest BCUT2D eigenvalue weighted by atomic mass is 16.5. The highest BCUT2D eigenvalue weighted by Gasteiger charge is 2.14. The fourth-order valence-corrected chi connectivity index (χ4v) is 2.61. The molecule has 1 amide bonds. The first-order valence-corrected chi connectivity index (χ1v) is 8.06. The molecule has 0 aliphatic carbocycles. The van der Waals surface area contributed by atoms with Gasteiger partial charge in [0.1, 0.15) is 0 Å². The fourth-order valence-electron chi connectivity index (χ4n) is 2.61. The van der Waals surface area contributed by atoms with Crippen molar-refractivity contribution in [2.24, 2.45) is 0 Å². The maximum Gasteiger partial charge on any atom is 0.340 e. The molecule has 0 radical (unpaired) electrons. The van der Waals surface area contributed by atoms with E-state index in [-0.39, 0.29) is 18.9 Å². The highest BCUT2D eigenvalue weighted by molar-refractivity contribution is 6.01. The third-order valence-electron chi connectivity index (χ3n) is 3.77. The van der Waals surface area contributed by atoms with Gasteiger partial charge in [0.25, 0.3) is 0 Å². The van der Waals surface area contributed by atoms with E-state index >= 15 is 0 Å². The summed E-state index contributed by atoms with van der Waals surface area (Å²) in [6.07, 6.45) is 3.15. The molecule has 5 heteroatoms. The van der Waals surface area contributed by atoms with E-state index in [1.807, 2.05) is 42.5 Å². The Hall–Kier alpha value is -3.21. The highest BCUT2D eigenvalue weighted by Crippen LogP contribution is 2.18. The molecule has 0 saturated heterocycles. The largest absolute Gasteiger partial charge is 0.462 e. The second kappa shape index (κ2) is 7.57. The molecular formula is C20H18N2O3. The number of rotatable bonds is 5. The maximum absolute atomic E-state index is 12.4. The van der Waals surface area contributed by atoms with E-state index < -0.39 is 5.97 Å². The summed E-state index contributed by atoms with van der Waals surface area (Å²) in [4.78, 5) is 28.3. The molecule has 1 N–H and O–H groups in total. The topological polar surface area (TPSA) is 68.3 Å². The Labute approximate surface area is 145 Å². The summed E-state index contributed by atoms with van der Waals surface area (Å²) in [6.45, 7) is 2.00. The molecule has 0 unspecified atom stereocenters. The van der Waals surface area contributed by atoms with E-state index in [1.165, 1.54) is 18.5 Å². The molecule has 0 bridgehead atoms. The lowest BCUT2D eigenvalue weighted by molar-refractivity contribution is -0.115. The summed E-state index contributed by atoms with van der Waals surface area (Å²) in [5, 5.41) is 4.96. The average molecular weight is 334 g/mol. The minimum atomic E-state index is -0.481. The Morgan fingerprint density at radius 2 is 1.88 bits per heavy atom. The number of pyridine rings is 1. The van der Waals surface area contributed by atoms with Gasteiger partial charge in [-0.05, 0) is 29.3 Å². The Balaban J connectivity index is 1.75. The molecule has 1 heterocycles. The summed E-state index contributed by atoms with van der Waals surface area (Å²) < 4.78 is 5.00. The minimum Gasteiger partial charge on any atom is -0.462 e. The fraction of sp³-hybridized carbons (Fsp3) is 0.150. The van der Waals surface area contributed by atoms with Gasteiger partial charge < -0.3 is 10.1 Å². The van der Waals surface area contributed by atoms with Gasteiger partial charge in [0.15, 0.2) is 0 Å². The molecule has 0 spiro atoms. The van der Waals surface area contributed by atoms with Crippen molar-refractivity contribution in [2.75, 3.05) is 11.9 Å². The number of esters is 1. The van der Waals surface area contributed by atoms with Crippen molar-refractivity contribution >= 4 is 28.3 Å². The summed E-state index contributed by atoms with van der Waals surface area (Å²) in [7, 11) is 0.